The van der Waals surface area contributed by atoms with Crippen molar-refractivity contribution in [2.24, 2.45) is 11.7 Å². The van der Waals surface area contributed by atoms with Gasteiger partial charge >= 0.3 is 0 Å². The number of aromatic nitrogens is 2. The van der Waals surface area contributed by atoms with Gasteiger partial charge in [0.1, 0.15) is 0 Å². The predicted molar refractivity (Wildman–Crippen MR) is 77.0 cm³/mol. The van der Waals surface area contributed by atoms with E-state index in [1.807, 2.05) is 0 Å². The van der Waals surface area contributed by atoms with E-state index < -0.39 is 0 Å². The number of nitrogens with zero attached hydrogens (tertiary/aromatic N) is 2. The summed E-state index contributed by atoms with van der Waals surface area (Å²) in [7, 11) is 0. The van der Waals surface area contributed by atoms with Crippen molar-refractivity contribution in [1.29, 1.82) is 0 Å². The minimum Gasteiger partial charge on any atom is -0.394 e. The van der Waals surface area contributed by atoms with Crippen LogP contribution in [0.5, 0.6) is 0 Å². The number of rotatable bonds is 5. The molecule has 0 aliphatic heterocycles. The van der Waals surface area contributed by atoms with Gasteiger partial charge in [0, 0.05) is 17.8 Å². The summed E-state index contributed by atoms with van der Waals surface area (Å²) >= 11 is 0. The molecule has 1 aliphatic carbocycles. The van der Waals surface area contributed by atoms with Gasteiger partial charge in [-0.3, -0.25) is 4.68 Å². The molecular formula is C15H27N3O. The lowest BCUT2D eigenvalue weighted by atomic mass is 9.86. The van der Waals surface area contributed by atoms with Crippen molar-refractivity contribution in [3.05, 3.63) is 17.0 Å². The molecule has 1 fully saturated rings. The zero-order valence-electron chi connectivity index (χ0n) is 12.4. The molecule has 4 heteroatoms. The number of hydrogen-bond acceptors (Lipinski definition) is 3. The highest BCUT2D eigenvalue weighted by atomic mass is 16.3. The van der Waals surface area contributed by atoms with Gasteiger partial charge in [0.2, 0.25) is 0 Å². The van der Waals surface area contributed by atoms with Crippen LogP contribution in [-0.2, 0) is 13.0 Å². The first kappa shape index (κ1) is 14.5. The lowest BCUT2D eigenvalue weighted by Crippen LogP contribution is -2.47. The second-order valence-electron chi connectivity index (χ2n) is 6.00. The number of aliphatic hydroxyl groups is 1. The first-order valence-electron chi connectivity index (χ1n) is 7.44. The molecular weight excluding hydrogens is 238 g/mol. The Balaban J connectivity index is 2.03. The van der Waals surface area contributed by atoms with Crippen LogP contribution in [0, 0.1) is 19.8 Å². The summed E-state index contributed by atoms with van der Waals surface area (Å²) in [6.07, 6.45) is 5.28. The number of aliphatic hydroxyl groups excluding tert-OH is 1. The highest BCUT2D eigenvalue weighted by molar-refractivity contribution is 5.24. The maximum atomic E-state index is 9.49. The molecule has 2 atom stereocenters. The molecule has 0 amide bonds. The minimum absolute atomic E-state index is 0.106. The maximum absolute atomic E-state index is 9.49. The molecule has 108 valence electrons. The van der Waals surface area contributed by atoms with Crippen LogP contribution in [0.25, 0.3) is 0 Å². The van der Waals surface area contributed by atoms with Crippen LogP contribution in [0.2, 0.25) is 0 Å². The van der Waals surface area contributed by atoms with Crippen LogP contribution in [0.15, 0.2) is 0 Å². The SMILES string of the molecule is CCc1c(C)nn(CCC2CCCC2(N)CO)c1C. The van der Waals surface area contributed by atoms with Crippen molar-refractivity contribution >= 4 is 0 Å². The second kappa shape index (κ2) is 5.63. The first-order chi connectivity index (χ1) is 9.01. The van der Waals surface area contributed by atoms with E-state index in [0.29, 0.717) is 5.92 Å². The van der Waals surface area contributed by atoms with Crippen LogP contribution in [-0.4, -0.2) is 27.0 Å². The Kier molecular flexibility index (Phi) is 4.31. The molecule has 0 radical (unpaired) electrons. The van der Waals surface area contributed by atoms with Gasteiger partial charge in [-0.15, -0.1) is 0 Å². The van der Waals surface area contributed by atoms with E-state index in [9.17, 15) is 5.11 Å². The van der Waals surface area contributed by atoms with Crippen LogP contribution in [0.4, 0.5) is 0 Å². The van der Waals surface area contributed by atoms with Gasteiger partial charge in [0.15, 0.2) is 0 Å². The summed E-state index contributed by atoms with van der Waals surface area (Å²) < 4.78 is 2.12. The van der Waals surface area contributed by atoms with Gasteiger partial charge in [-0.05, 0) is 51.0 Å². The molecule has 2 unspecified atom stereocenters. The standard InChI is InChI=1S/C15H27N3O/c1-4-14-11(2)17-18(12(14)3)9-7-13-6-5-8-15(13,16)10-19/h13,19H,4-10,16H2,1-3H3. The predicted octanol–water partition coefficient (Wildman–Crippen LogP) is 1.94. The summed E-state index contributed by atoms with van der Waals surface area (Å²) in [6, 6.07) is 0. The molecule has 1 aliphatic rings. The Morgan fingerprint density at radius 2 is 2.21 bits per heavy atom. The second-order valence-corrected chi connectivity index (χ2v) is 6.00. The molecule has 4 nitrogen and oxygen atoms in total. The van der Waals surface area contributed by atoms with Gasteiger partial charge in [-0.1, -0.05) is 13.3 Å². The van der Waals surface area contributed by atoms with Crippen molar-refractivity contribution in [1.82, 2.24) is 9.78 Å². The Hall–Kier alpha value is -0.870. The fraction of sp³-hybridized carbons (Fsp3) is 0.800. The van der Waals surface area contributed by atoms with E-state index in [1.165, 1.54) is 11.3 Å². The normalized spacial score (nSPS) is 27.1. The van der Waals surface area contributed by atoms with Crippen LogP contribution in [0.3, 0.4) is 0 Å². The first-order valence-corrected chi connectivity index (χ1v) is 7.44. The van der Waals surface area contributed by atoms with Crippen molar-refractivity contribution in [2.75, 3.05) is 6.61 Å². The summed E-state index contributed by atoms with van der Waals surface area (Å²) in [4.78, 5) is 0. The third kappa shape index (κ3) is 2.70. The van der Waals surface area contributed by atoms with E-state index in [0.717, 1.165) is 44.3 Å². The highest BCUT2D eigenvalue weighted by Crippen LogP contribution is 2.36. The molecule has 0 spiro atoms. The van der Waals surface area contributed by atoms with Crippen molar-refractivity contribution in [3.8, 4) is 0 Å². The molecule has 0 saturated heterocycles. The summed E-state index contributed by atoms with van der Waals surface area (Å²) in [5, 5.41) is 14.1. The van der Waals surface area contributed by atoms with E-state index >= 15 is 0 Å². The summed E-state index contributed by atoms with van der Waals surface area (Å²) in [5.74, 6) is 0.423. The average Bonchev–Trinajstić information content (AvgIpc) is 2.89. The quantitative estimate of drug-likeness (QED) is 0.855. The van der Waals surface area contributed by atoms with Crippen LogP contribution < -0.4 is 5.73 Å². The lowest BCUT2D eigenvalue weighted by molar-refractivity contribution is 0.152. The van der Waals surface area contributed by atoms with Crippen molar-refractivity contribution < 1.29 is 5.11 Å². The Labute approximate surface area is 116 Å². The number of aryl methyl sites for hydroxylation is 2. The average molecular weight is 265 g/mol. The van der Waals surface area contributed by atoms with Gasteiger partial charge in [-0.25, -0.2) is 0 Å². The Bertz CT molecular complexity index is 441. The highest BCUT2D eigenvalue weighted by Gasteiger charge is 2.38. The Morgan fingerprint density at radius 3 is 2.79 bits per heavy atom. The van der Waals surface area contributed by atoms with Gasteiger partial charge in [0.05, 0.1) is 12.3 Å². The third-order valence-electron chi connectivity index (χ3n) is 4.88. The maximum Gasteiger partial charge on any atom is 0.0628 e. The zero-order chi connectivity index (χ0) is 14.0. The molecule has 0 aromatic carbocycles. The number of nitrogens with two attached hydrogens (primary N) is 1. The molecule has 3 N–H and O–H groups in total. The van der Waals surface area contributed by atoms with Gasteiger partial charge < -0.3 is 10.8 Å². The van der Waals surface area contributed by atoms with Gasteiger partial charge in [0.25, 0.3) is 0 Å². The van der Waals surface area contributed by atoms with Gasteiger partial charge in [-0.2, -0.15) is 5.10 Å². The fourth-order valence-corrected chi connectivity index (χ4v) is 3.55. The molecule has 0 bridgehead atoms. The number of hydrogen-bond donors (Lipinski definition) is 2. The topological polar surface area (TPSA) is 64.1 Å². The molecule has 1 saturated carbocycles. The summed E-state index contributed by atoms with van der Waals surface area (Å²) in [5.41, 5.74) is 9.73. The Morgan fingerprint density at radius 1 is 1.47 bits per heavy atom. The largest absolute Gasteiger partial charge is 0.394 e. The van der Waals surface area contributed by atoms with E-state index in [1.54, 1.807) is 0 Å². The molecule has 1 heterocycles. The van der Waals surface area contributed by atoms with E-state index in [-0.39, 0.29) is 12.1 Å². The van der Waals surface area contributed by atoms with E-state index in [2.05, 4.69) is 30.6 Å². The lowest BCUT2D eigenvalue weighted by Gasteiger charge is -2.29. The molecule has 1 aromatic rings. The molecule has 1 aromatic heterocycles. The smallest absolute Gasteiger partial charge is 0.0628 e. The fourth-order valence-electron chi connectivity index (χ4n) is 3.55. The molecule has 19 heavy (non-hydrogen) atoms. The molecule has 2 rings (SSSR count). The van der Waals surface area contributed by atoms with Crippen molar-refractivity contribution in [3.63, 3.8) is 0 Å². The van der Waals surface area contributed by atoms with Crippen LogP contribution in [0.1, 0.15) is 49.6 Å². The summed E-state index contributed by atoms with van der Waals surface area (Å²) in [6.45, 7) is 7.42. The third-order valence-corrected chi connectivity index (χ3v) is 4.88. The minimum atomic E-state index is -0.357. The monoisotopic (exact) mass is 265 g/mol. The van der Waals surface area contributed by atoms with E-state index in [4.69, 9.17) is 5.73 Å². The van der Waals surface area contributed by atoms with Crippen LogP contribution >= 0.6 is 0 Å². The van der Waals surface area contributed by atoms with Crippen molar-refractivity contribution in [2.45, 2.75) is 65.0 Å². The zero-order valence-corrected chi connectivity index (χ0v) is 12.4.